The maximum Gasteiger partial charge on any atom is 0.359 e. The summed E-state index contributed by atoms with van der Waals surface area (Å²) in [5.74, 6) is -1.40. The van der Waals surface area contributed by atoms with Gasteiger partial charge in [0.05, 0.1) is 5.69 Å². The van der Waals surface area contributed by atoms with E-state index in [1.165, 1.54) is 13.8 Å². The van der Waals surface area contributed by atoms with Crippen molar-refractivity contribution in [2.24, 2.45) is 0 Å². The molecule has 0 aliphatic rings. The van der Waals surface area contributed by atoms with E-state index in [1.54, 1.807) is 40.9 Å². The van der Waals surface area contributed by atoms with Gasteiger partial charge in [-0.15, -0.1) is 0 Å². The van der Waals surface area contributed by atoms with E-state index in [4.69, 9.17) is 4.74 Å². The molecule has 2 aromatic heterocycles. The number of carbonyl (C=O) groups is 3. The molecule has 138 valence electrons. The van der Waals surface area contributed by atoms with Crippen LogP contribution in [0.2, 0.25) is 0 Å². The molecule has 0 saturated carbocycles. The highest BCUT2D eigenvalue weighted by atomic mass is 16.5. The molecule has 1 unspecified atom stereocenters. The lowest BCUT2D eigenvalue weighted by molar-refractivity contribution is -0.123. The maximum absolute atomic E-state index is 12.4. The first-order valence-electron chi connectivity index (χ1n) is 8.43. The number of benzene rings is 1. The number of carbonyl (C=O) groups excluding carboxylic acids is 3. The minimum absolute atomic E-state index is 0.119. The number of anilines is 1. The molecular weight excluding hydrogens is 346 g/mol. The number of fused-ring (bicyclic) bond motifs is 1. The number of ketones is 1. The van der Waals surface area contributed by atoms with Crippen LogP contribution >= 0.6 is 0 Å². The summed E-state index contributed by atoms with van der Waals surface area (Å²) in [6.45, 7) is 4.77. The molecule has 1 N–H and O–H groups in total. The van der Waals surface area contributed by atoms with E-state index in [1.807, 2.05) is 19.1 Å². The number of aromatic nitrogens is 2. The Morgan fingerprint density at radius 2 is 1.85 bits per heavy atom. The normalized spacial score (nSPS) is 11.8. The van der Waals surface area contributed by atoms with Gasteiger partial charge in [0.1, 0.15) is 5.65 Å². The van der Waals surface area contributed by atoms with E-state index in [0.717, 1.165) is 5.69 Å². The number of pyridine rings is 1. The molecule has 27 heavy (non-hydrogen) atoms. The fraction of sp³-hybridized carbons (Fsp3) is 0.200. The second-order valence-electron chi connectivity index (χ2n) is 6.16. The van der Waals surface area contributed by atoms with E-state index >= 15 is 0 Å². The van der Waals surface area contributed by atoms with Gasteiger partial charge in [-0.1, -0.05) is 18.2 Å². The fourth-order valence-electron chi connectivity index (χ4n) is 2.65. The fourth-order valence-corrected chi connectivity index (χ4v) is 2.65. The van der Waals surface area contributed by atoms with Crippen molar-refractivity contribution in [2.45, 2.75) is 26.9 Å². The number of amides is 1. The molecule has 3 rings (SSSR count). The Balaban J connectivity index is 1.71. The summed E-state index contributed by atoms with van der Waals surface area (Å²) in [4.78, 5) is 40.6. The second kappa shape index (κ2) is 7.41. The summed E-state index contributed by atoms with van der Waals surface area (Å²) < 4.78 is 7.00. The topological polar surface area (TPSA) is 89.8 Å². The van der Waals surface area contributed by atoms with Crippen LogP contribution in [0.4, 0.5) is 5.69 Å². The third-order valence-electron chi connectivity index (χ3n) is 4.12. The number of nitrogens with one attached hydrogen (secondary N) is 1. The number of Topliss-reactive ketones (excluding diaryl/α,β-unsaturated/α-hetero) is 1. The number of para-hydroxylation sites is 1. The van der Waals surface area contributed by atoms with Gasteiger partial charge < -0.3 is 14.5 Å². The van der Waals surface area contributed by atoms with Crippen LogP contribution in [0.1, 0.15) is 40.4 Å². The van der Waals surface area contributed by atoms with Crippen LogP contribution in [0.3, 0.4) is 0 Å². The summed E-state index contributed by atoms with van der Waals surface area (Å²) in [5, 5.41) is 2.62. The van der Waals surface area contributed by atoms with Crippen molar-refractivity contribution in [3.63, 3.8) is 0 Å². The Kier molecular flexibility index (Phi) is 5.03. The van der Waals surface area contributed by atoms with E-state index in [0.29, 0.717) is 16.9 Å². The molecule has 7 heteroatoms. The Morgan fingerprint density at radius 3 is 2.56 bits per heavy atom. The minimum atomic E-state index is -1.05. The van der Waals surface area contributed by atoms with Gasteiger partial charge in [0.2, 0.25) is 0 Å². The Bertz CT molecular complexity index is 1040. The molecule has 0 spiro atoms. The highest BCUT2D eigenvalue weighted by Gasteiger charge is 2.22. The van der Waals surface area contributed by atoms with Crippen molar-refractivity contribution < 1.29 is 19.1 Å². The first-order chi connectivity index (χ1) is 12.9. The zero-order valence-corrected chi connectivity index (χ0v) is 15.2. The highest BCUT2D eigenvalue weighted by molar-refractivity contribution is 6.05. The van der Waals surface area contributed by atoms with Crippen LogP contribution in [-0.4, -0.2) is 33.1 Å². The lowest BCUT2D eigenvalue weighted by Crippen LogP contribution is -2.30. The summed E-state index contributed by atoms with van der Waals surface area (Å²) in [6.07, 6.45) is 0.520. The van der Waals surface area contributed by atoms with Crippen LogP contribution in [0.5, 0.6) is 0 Å². The molecule has 0 saturated heterocycles. The van der Waals surface area contributed by atoms with Crippen molar-refractivity contribution in [3.05, 3.63) is 65.6 Å². The number of imidazole rings is 1. The molecule has 2 heterocycles. The summed E-state index contributed by atoms with van der Waals surface area (Å²) in [5.41, 5.74) is 2.43. The van der Waals surface area contributed by atoms with Crippen LogP contribution in [-0.2, 0) is 9.53 Å². The van der Waals surface area contributed by atoms with Crippen molar-refractivity contribution in [1.29, 1.82) is 0 Å². The van der Waals surface area contributed by atoms with Gasteiger partial charge in [0.25, 0.3) is 5.91 Å². The van der Waals surface area contributed by atoms with E-state index < -0.39 is 18.0 Å². The second-order valence-corrected chi connectivity index (χ2v) is 6.16. The van der Waals surface area contributed by atoms with Crippen molar-refractivity contribution in [2.75, 3.05) is 5.32 Å². The van der Waals surface area contributed by atoms with Crippen molar-refractivity contribution in [3.8, 4) is 0 Å². The smallest absolute Gasteiger partial charge is 0.359 e. The summed E-state index contributed by atoms with van der Waals surface area (Å²) in [6, 6.07) is 12.2. The molecule has 7 nitrogen and oxygen atoms in total. The van der Waals surface area contributed by atoms with Gasteiger partial charge >= 0.3 is 5.97 Å². The van der Waals surface area contributed by atoms with Crippen molar-refractivity contribution in [1.82, 2.24) is 9.38 Å². The van der Waals surface area contributed by atoms with Crippen LogP contribution in [0.15, 0.2) is 48.7 Å². The van der Waals surface area contributed by atoms with Gasteiger partial charge in [-0.25, -0.2) is 9.78 Å². The maximum atomic E-state index is 12.4. The number of nitrogens with zero attached hydrogens (tertiary/aromatic N) is 2. The number of rotatable bonds is 5. The van der Waals surface area contributed by atoms with Gasteiger partial charge in [-0.2, -0.15) is 0 Å². The zero-order chi connectivity index (χ0) is 19.6. The quantitative estimate of drug-likeness (QED) is 0.554. The standard InChI is InChI=1S/C20H19N3O4/c1-12-7-6-10-18-21-17(11-23(12)18)20(26)27-14(3)19(25)22-16-9-5-4-8-15(16)13(2)24/h4-11,14H,1-3H3,(H,22,25). The highest BCUT2D eigenvalue weighted by Crippen LogP contribution is 2.16. The molecule has 1 aromatic carbocycles. The zero-order valence-electron chi connectivity index (χ0n) is 15.2. The van der Waals surface area contributed by atoms with Crippen LogP contribution < -0.4 is 5.32 Å². The van der Waals surface area contributed by atoms with Gasteiger partial charge in [-0.3, -0.25) is 9.59 Å². The van der Waals surface area contributed by atoms with E-state index in [2.05, 4.69) is 10.3 Å². The first-order valence-corrected chi connectivity index (χ1v) is 8.43. The molecular formula is C20H19N3O4. The average molecular weight is 365 g/mol. The lowest BCUT2D eigenvalue weighted by atomic mass is 10.1. The van der Waals surface area contributed by atoms with Crippen LogP contribution in [0, 0.1) is 6.92 Å². The Hall–Kier alpha value is -3.48. The third-order valence-corrected chi connectivity index (χ3v) is 4.12. The summed E-state index contributed by atoms with van der Waals surface area (Å²) in [7, 11) is 0. The molecule has 1 amide bonds. The predicted molar refractivity (Wildman–Crippen MR) is 99.9 cm³/mol. The minimum Gasteiger partial charge on any atom is -0.448 e. The molecule has 1 atom stereocenters. The van der Waals surface area contributed by atoms with Crippen molar-refractivity contribution >= 4 is 29.0 Å². The van der Waals surface area contributed by atoms with Gasteiger partial charge in [-0.05, 0) is 45.0 Å². The molecule has 0 aliphatic carbocycles. The van der Waals surface area contributed by atoms with Gasteiger partial charge in [0, 0.05) is 17.5 Å². The van der Waals surface area contributed by atoms with E-state index in [-0.39, 0.29) is 11.5 Å². The number of ether oxygens (including phenoxy) is 1. The number of esters is 1. The molecule has 0 bridgehead atoms. The molecule has 0 radical (unpaired) electrons. The predicted octanol–water partition coefficient (Wildman–Crippen LogP) is 3.03. The first kappa shape index (κ1) is 18.3. The Morgan fingerprint density at radius 1 is 1.11 bits per heavy atom. The molecule has 0 aliphatic heterocycles. The monoisotopic (exact) mass is 365 g/mol. The largest absolute Gasteiger partial charge is 0.448 e. The SMILES string of the molecule is CC(=O)c1ccccc1NC(=O)C(C)OC(=O)c1cn2c(C)cccc2n1. The number of aryl methyl sites for hydroxylation is 1. The number of hydrogen-bond donors (Lipinski definition) is 1. The number of hydrogen-bond acceptors (Lipinski definition) is 5. The molecule has 3 aromatic rings. The van der Waals surface area contributed by atoms with Crippen LogP contribution in [0.25, 0.3) is 5.65 Å². The average Bonchev–Trinajstić information content (AvgIpc) is 3.08. The summed E-state index contributed by atoms with van der Waals surface area (Å²) >= 11 is 0. The third kappa shape index (κ3) is 3.87. The van der Waals surface area contributed by atoms with Gasteiger partial charge in [0.15, 0.2) is 17.6 Å². The lowest BCUT2D eigenvalue weighted by Gasteiger charge is -2.14. The molecule has 0 fully saturated rings. The van der Waals surface area contributed by atoms with E-state index in [9.17, 15) is 14.4 Å². The Labute approximate surface area is 156 Å².